The summed E-state index contributed by atoms with van der Waals surface area (Å²) in [7, 11) is -2.44. The largest absolute Gasteiger partial charge is 0.497 e. The lowest BCUT2D eigenvalue weighted by molar-refractivity contribution is -0.120. The number of ether oxygens (including phenoxy) is 2. The molecule has 1 atom stereocenters. The van der Waals surface area contributed by atoms with Gasteiger partial charge < -0.3 is 14.8 Å². The predicted molar refractivity (Wildman–Crippen MR) is 136 cm³/mol. The minimum absolute atomic E-state index is 0.0880. The van der Waals surface area contributed by atoms with E-state index in [-0.39, 0.29) is 10.9 Å². The average Bonchev–Trinajstić information content (AvgIpc) is 2.83. The Balaban J connectivity index is 1.65. The van der Waals surface area contributed by atoms with Gasteiger partial charge in [-0.2, -0.15) is 0 Å². The second-order valence-corrected chi connectivity index (χ2v) is 11.2. The number of methoxy groups -OCH3 is 1. The van der Waals surface area contributed by atoms with Gasteiger partial charge in [-0.1, -0.05) is 29.8 Å². The number of nitrogens with one attached hydrogen (secondary N) is 1. The molecule has 0 spiro atoms. The van der Waals surface area contributed by atoms with Crippen LogP contribution in [0.3, 0.4) is 0 Å². The van der Waals surface area contributed by atoms with Gasteiger partial charge in [0.15, 0.2) is 0 Å². The van der Waals surface area contributed by atoms with Crippen molar-refractivity contribution in [2.24, 2.45) is 0 Å². The summed E-state index contributed by atoms with van der Waals surface area (Å²) in [5.41, 5.74) is 0.592. The van der Waals surface area contributed by atoms with Gasteiger partial charge in [0.25, 0.3) is 10.0 Å². The molecule has 3 aromatic carbocycles. The quantitative estimate of drug-likeness (QED) is 0.481. The van der Waals surface area contributed by atoms with E-state index in [1.807, 2.05) is 26.0 Å². The normalized spacial score (nSPS) is 16.5. The highest BCUT2D eigenvalue weighted by molar-refractivity contribution is 7.92. The first-order valence-corrected chi connectivity index (χ1v) is 12.9. The lowest BCUT2D eigenvalue weighted by Gasteiger charge is -2.38. The maximum absolute atomic E-state index is 13.5. The molecule has 4 rings (SSSR count). The van der Waals surface area contributed by atoms with Crippen LogP contribution in [0.4, 0.5) is 5.69 Å². The molecule has 0 radical (unpaired) electrons. The SMILES string of the molecule is COc1ccc2c(c1)C(NC(=O)CN(c1ccc(Cl)cc1)S(=O)(=O)c1ccccc1)CC(C)(C)O2. The molecule has 1 heterocycles. The Bertz CT molecular complexity index is 1310. The first kappa shape index (κ1) is 24.9. The van der Waals surface area contributed by atoms with Gasteiger partial charge in [0, 0.05) is 17.0 Å². The first-order valence-electron chi connectivity index (χ1n) is 11.1. The van der Waals surface area contributed by atoms with Gasteiger partial charge in [0.2, 0.25) is 5.91 Å². The highest BCUT2D eigenvalue weighted by Crippen LogP contribution is 2.41. The summed E-state index contributed by atoms with van der Waals surface area (Å²) < 4.78 is 39.5. The number of sulfonamides is 1. The van der Waals surface area contributed by atoms with Crippen molar-refractivity contribution in [3.63, 3.8) is 0 Å². The van der Waals surface area contributed by atoms with E-state index in [0.717, 1.165) is 9.87 Å². The Kier molecular flexibility index (Phi) is 6.96. The number of carbonyl (C=O) groups excluding carboxylic acids is 1. The molecule has 1 aliphatic heterocycles. The van der Waals surface area contributed by atoms with Crippen molar-refractivity contribution in [1.82, 2.24) is 5.32 Å². The van der Waals surface area contributed by atoms with Gasteiger partial charge >= 0.3 is 0 Å². The van der Waals surface area contributed by atoms with Gasteiger partial charge in [-0.05, 0) is 68.4 Å². The fraction of sp³-hybridized carbons (Fsp3) is 0.269. The molecule has 0 aromatic heterocycles. The van der Waals surface area contributed by atoms with E-state index in [2.05, 4.69) is 5.32 Å². The number of anilines is 1. The van der Waals surface area contributed by atoms with Crippen molar-refractivity contribution >= 4 is 33.2 Å². The van der Waals surface area contributed by atoms with Crippen molar-refractivity contribution in [3.8, 4) is 11.5 Å². The second kappa shape index (κ2) is 9.79. The van der Waals surface area contributed by atoms with Crippen molar-refractivity contribution in [2.45, 2.75) is 36.8 Å². The lowest BCUT2D eigenvalue weighted by Crippen LogP contribution is -2.45. The minimum atomic E-state index is -4.01. The Morgan fingerprint density at radius 2 is 1.80 bits per heavy atom. The zero-order chi connectivity index (χ0) is 25.2. The van der Waals surface area contributed by atoms with E-state index >= 15 is 0 Å². The standard InChI is InChI=1S/C26H27ClN2O5S/c1-26(2)16-23(22-15-20(33-3)13-14-24(22)34-26)28-25(30)17-29(19-11-9-18(27)10-12-19)35(31,32)21-7-5-4-6-8-21/h4-15,23H,16-17H2,1-3H3,(H,28,30). The molecule has 0 bridgehead atoms. The van der Waals surface area contributed by atoms with Crippen LogP contribution in [0.5, 0.6) is 11.5 Å². The third-order valence-electron chi connectivity index (χ3n) is 5.74. The predicted octanol–water partition coefficient (Wildman–Crippen LogP) is 4.96. The van der Waals surface area contributed by atoms with E-state index in [0.29, 0.717) is 28.6 Å². The summed E-state index contributed by atoms with van der Waals surface area (Å²) in [5.74, 6) is 0.843. The highest BCUT2D eigenvalue weighted by Gasteiger charge is 2.36. The Morgan fingerprint density at radius 3 is 2.46 bits per heavy atom. The van der Waals surface area contributed by atoms with E-state index in [1.165, 1.54) is 12.1 Å². The van der Waals surface area contributed by atoms with Crippen LogP contribution in [0.1, 0.15) is 31.9 Å². The third kappa shape index (κ3) is 5.55. The summed E-state index contributed by atoms with van der Waals surface area (Å²) in [5, 5.41) is 3.47. The molecule has 0 saturated carbocycles. The number of amides is 1. The fourth-order valence-corrected chi connectivity index (χ4v) is 5.67. The van der Waals surface area contributed by atoms with Crippen molar-refractivity contribution in [2.75, 3.05) is 18.0 Å². The number of carbonyl (C=O) groups is 1. The second-order valence-electron chi connectivity index (χ2n) is 8.89. The minimum Gasteiger partial charge on any atom is -0.497 e. The molecule has 7 nitrogen and oxygen atoms in total. The molecule has 9 heteroatoms. The molecular weight excluding hydrogens is 488 g/mol. The summed E-state index contributed by atoms with van der Waals surface area (Å²) in [6.07, 6.45) is 0.505. The van der Waals surface area contributed by atoms with E-state index in [1.54, 1.807) is 55.6 Å². The number of rotatable bonds is 7. The number of hydrogen-bond donors (Lipinski definition) is 1. The molecular formula is C26H27ClN2O5S. The van der Waals surface area contributed by atoms with Crippen LogP contribution in [0.15, 0.2) is 77.7 Å². The molecule has 3 aromatic rings. The molecule has 184 valence electrons. The maximum Gasteiger partial charge on any atom is 0.264 e. The van der Waals surface area contributed by atoms with Gasteiger partial charge in [-0.15, -0.1) is 0 Å². The molecule has 0 fully saturated rings. The zero-order valence-corrected chi connectivity index (χ0v) is 21.3. The molecule has 1 amide bonds. The molecule has 0 saturated heterocycles. The summed E-state index contributed by atoms with van der Waals surface area (Å²) in [4.78, 5) is 13.4. The Hall–Kier alpha value is -3.23. The molecule has 1 aliphatic rings. The highest BCUT2D eigenvalue weighted by atomic mass is 35.5. The molecule has 1 N–H and O–H groups in total. The van der Waals surface area contributed by atoms with Crippen LogP contribution in [-0.4, -0.2) is 33.6 Å². The topological polar surface area (TPSA) is 84.9 Å². The Labute approximate surface area is 210 Å². The number of fused-ring (bicyclic) bond motifs is 1. The van der Waals surface area contributed by atoms with E-state index in [4.69, 9.17) is 21.1 Å². The van der Waals surface area contributed by atoms with Gasteiger partial charge in [-0.25, -0.2) is 8.42 Å². The van der Waals surface area contributed by atoms with E-state index < -0.39 is 28.1 Å². The van der Waals surface area contributed by atoms with Crippen LogP contribution in [0.25, 0.3) is 0 Å². The summed E-state index contributed by atoms with van der Waals surface area (Å²) in [6, 6.07) is 19.4. The number of benzene rings is 3. The number of halogens is 1. The van der Waals surface area contributed by atoms with Gasteiger partial charge in [0.05, 0.1) is 23.7 Å². The lowest BCUT2D eigenvalue weighted by atomic mass is 9.89. The molecule has 1 unspecified atom stereocenters. The average molecular weight is 515 g/mol. The summed E-state index contributed by atoms with van der Waals surface area (Å²) in [6.45, 7) is 3.48. The Morgan fingerprint density at radius 1 is 1.11 bits per heavy atom. The third-order valence-corrected chi connectivity index (χ3v) is 7.78. The summed E-state index contributed by atoms with van der Waals surface area (Å²) >= 11 is 6.01. The number of nitrogens with zero attached hydrogens (tertiary/aromatic N) is 1. The van der Waals surface area contributed by atoms with Crippen LogP contribution < -0.4 is 19.1 Å². The van der Waals surface area contributed by atoms with Crippen LogP contribution in [0.2, 0.25) is 5.02 Å². The van der Waals surface area contributed by atoms with Crippen molar-refractivity contribution in [1.29, 1.82) is 0 Å². The smallest absolute Gasteiger partial charge is 0.264 e. The molecule has 0 aliphatic carbocycles. The van der Waals surface area contributed by atoms with Gasteiger partial charge in [0.1, 0.15) is 23.6 Å². The van der Waals surface area contributed by atoms with Crippen LogP contribution in [0, 0.1) is 0 Å². The number of hydrogen-bond acceptors (Lipinski definition) is 5. The van der Waals surface area contributed by atoms with Crippen LogP contribution in [-0.2, 0) is 14.8 Å². The van der Waals surface area contributed by atoms with E-state index in [9.17, 15) is 13.2 Å². The zero-order valence-electron chi connectivity index (χ0n) is 19.7. The van der Waals surface area contributed by atoms with Crippen molar-refractivity contribution in [3.05, 3.63) is 83.4 Å². The van der Waals surface area contributed by atoms with Crippen LogP contribution >= 0.6 is 11.6 Å². The first-order chi connectivity index (χ1) is 16.6. The molecule has 35 heavy (non-hydrogen) atoms. The fourth-order valence-electron chi connectivity index (χ4n) is 4.10. The van der Waals surface area contributed by atoms with Crippen molar-refractivity contribution < 1.29 is 22.7 Å². The van der Waals surface area contributed by atoms with Gasteiger partial charge in [-0.3, -0.25) is 9.10 Å². The maximum atomic E-state index is 13.5. The monoisotopic (exact) mass is 514 g/mol.